The summed E-state index contributed by atoms with van der Waals surface area (Å²) in [5.74, 6) is 1.70. The van der Waals surface area contributed by atoms with Crippen LogP contribution in [-0.4, -0.2) is 41.7 Å². The summed E-state index contributed by atoms with van der Waals surface area (Å²) in [7, 11) is 0. The van der Waals surface area contributed by atoms with Gasteiger partial charge in [-0.2, -0.15) is 0 Å². The van der Waals surface area contributed by atoms with Crippen molar-refractivity contribution in [2.24, 2.45) is 10.9 Å². The first-order valence-electron chi connectivity index (χ1n) is 7.23. The molecule has 1 fully saturated rings. The molecule has 0 saturated carbocycles. The zero-order chi connectivity index (χ0) is 13.9. The van der Waals surface area contributed by atoms with E-state index in [0.29, 0.717) is 11.8 Å². The Morgan fingerprint density at radius 3 is 3.10 bits per heavy atom. The summed E-state index contributed by atoms with van der Waals surface area (Å²) in [6.07, 6.45) is 3.27. The van der Waals surface area contributed by atoms with Gasteiger partial charge < -0.3 is 15.7 Å². The molecule has 0 radical (unpaired) electrons. The van der Waals surface area contributed by atoms with Crippen molar-refractivity contribution in [3.63, 3.8) is 0 Å². The number of oxime groups is 1. The molecule has 2 aliphatic heterocycles. The van der Waals surface area contributed by atoms with Gasteiger partial charge in [0.05, 0.1) is 12.6 Å². The van der Waals surface area contributed by atoms with E-state index >= 15 is 0 Å². The van der Waals surface area contributed by atoms with Crippen molar-refractivity contribution in [3.8, 4) is 5.75 Å². The first kappa shape index (κ1) is 13.2. The number of fused-ring (bicyclic) bond motifs is 1. The van der Waals surface area contributed by atoms with Crippen molar-refractivity contribution in [3.05, 3.63) is 29.8 Å². The molecule has 5 heteroatoms. The van der Waals surface area contributed by atoms with E-state index in [1.54, 1.807) is 0 Å². The van der Waals surface area contributed by atoms with E-state index in [-0.39, 0.29) is 6.04 Å². The van der Waals surface area contributed by atoms with Crippen LogP contribution in [0.3, 0.4) is 0 Å². The quantitative estimate of drug-likeness (QED) is 0.382. The number of ether oxygens (including phenoxy) is 1. The van der Waals surface area contributed by atoms with Gasteiger partial charge in [0.2, 0.25) is 0 Å². The second-order valence-corrected chi connectivity index (χ2v) is 5.58. The van der Waals surface area contributed by atoms with Gasteiger partial charge in [-0.05, 0) is 25.5 Å². The van der Waals surface area contributed by atoms with Crippen LogP contribution in [0.25, 0.3) is 0 Å². The molecule has 108 valence electrons. The highest BCUT2D eigenvalue weighted by Crippen LogP contribution is 2.35. The molecular formula is C15H21N3O2. The normalized spacial score (nSPS) is 27.1. The van der Waals surface area contributed by atoms with E-state index in [4.69, 9.17) is 15.7 Å². The molecule has 2 aliphatic rings. The lowest BCUT2D eigenvalue weighted by Gasteiger charge is -2.36. The predicted octanol–water partition coefficient (Wildman–Crippen LogP) is 1.76. The van der Waals surface area contributed by atoms with Crippen LogP contribution in [0.1, 0.15) is 30.7 Å². The minimum absolute atomic E-state index is 0.0570. The lowest BCUT2D eigenvalue weighted by atomic mass is 9.96. The average Bonchev–Trinajstić information content (AvgIpc) is 2.90. The van der Waals surface area contributed by atoms with E-state index in [0.717, 1.165) is 38.3 Å². The van der Waals surface area contributed by atoms with Crippen LogP contribution in [-0.2, 0) is 0 Å². The summed E-state index contributed by atoms with van der Waals surface area (Å²) in [5.41, 5.74) is 7.11. The van der Waals surface area contributed by atoms with E-state index in [9.17, 15) is 0 Å². The minimum atomic E-state index is 0.0570. The number of nitrogens with zero attached hydrogens (tertiary/aromatic N) is 2. The largest absolute Gasteiger partial charge is 0.493 e. The van der Waals surface area contributed by atoms with Gasteiger partial charge in [-0.15, -0.1) is 0 Å². The van der Waals surface area contributed by atoms with Gasteiger partial charge >= 0.3 is 0 Å². The third-order valence-corrected chi connectivity index (χ3v) is 4.32. The van der Waals surface area contributed by atoms with Crippen LogP contribution in [0.2, 0.25) is 0 Å². The van der Waals surface area contributed by atoms with Crippen LogP contribution in [0.5, 0.6) is 5.75 Å². The third-order valence-electron chi connectivity index (χ3n) is 4.32. The summed E-state index contributed by atoms with van der Waals surface area (Å²) in [4.78, 5) is 2.33. The number of nitrogens with two attached hydrogens (primary N) is 1. The number of hydrogen-bond donors (Lipinski definition) is 2. The van der Waals surface area contributed by atoms with E-state index in [1.807, 2.05) is 12.1 Å². The maximum Gasteiger partial charge on any atom is 0.156 e. The first-order valence-corrected chi connectivity index (χ1v) is 7.23. The second kappa shape index (κ2) is 5.71. The molecule has 20 heavy (non-hydrogen) atoms. The van der Waals surface area contributed by atoms with Crippen LogP contribution in [0.15, 0.2) is 29.4 Å². The Hall–Kier alpha value is -1.75. The number of para-hydroxylation sites is 1. The highest BCUT2D eigenvalue weighted by Gasteiger charge is 2.31. The zero-order valence-corrected chi connectivity index (χ0v) is 11.5. The summed E-state index contributed by atoms with van der Waals surface area (Å²) < 4.78 is 5.74. The SMILES string of the molecule is NC(=NO)C1CCCCN1CC1COc2ccccc21. The Morgan fingerprint density at radius 2 is 2.25 bits per heavy atom. The fourth-order valence-corrected chi connectivity index (χ4v) is 3.27. The molecule has 0 aromatic heterocycles. The molecule has 2 atom stereocenters. The summed E-state index contributed by atoms with van der Waals surface area (Å²) in [6.45, 7) is 2.62. The van der Waals surface area contributed by atoms with Crippen molar-refractivity contribution in [1.29, 1.82) is 0 Å². The Labute approximate surface area is 119 Å². The van der Waals surface area contributed by atoms with E-state index in [2.05, 4.69) is 22.2 Å². The second-order valence-electron chi connectivity index (χ2n) is 5.58. The fraction of sp³-hybridized carbons (Fsp3) is 0.533. The molecule has 3 rings (SSSR count). The predicted molar refractivity (Wildman–Crippen MR) is 77.3 cm³/mol. The van der Waals surface area contributed by atoms with Crippen molar-refractivity contribution < 1.29 is 9.94 Å². The third kappa shape index (κ3) is 2.45. The highest BCUT2D eigenvalue weighted by molar-refractivity contribution is 5.85. The van der Waals surface area contributed by atoms with Gasteiger partial charge in [-0.25, -0.2) is 0 Å². The summed E-state index contributed by atoms with van der Waals surface area (Å²) >= 11 is 0. The minimum Gasteiger partial charge on any atom is -0.493 e. The number of amidine groups is 1. The average molecular weight is 275 g/mol. The van der Waals surface area contributed by atoms with Crippen molar-refractivity contribution >= 4 is 5.84 Å². The molecule has 1 aromatic rings. The Balaban J connectivity index is 1.74. The molecule has 2 unspecified atom stereocenters. The molecule has 2 heterocycles. The Bertz CT molecular complexity index is 504. The van der Waals surface area contributed by atoms with Crippen LogP contribution in [0.4, 0.5) is 0 Å². The Kier molecular flexibility index (Phi) is 3.78. The van der Waals surface area contributed by atoms with Crippen molar-refractivity contribution in [2.45, 2.75) is 31.2 Å². The van der Waals surface area contributed by atoms with Crippen LogP contribution in [0, 0.1) is 0 Å². The molecule has 1 saturated heterocycles. The fourth-order valence-electron chi connectivity index (χ4n) is 3.27. The van der Waals surface area contributed by atoms with Crippen LogP contribution >= 0.6 is 0 Å². The molecule has 5 nitrogen and oxygen atoms in total. The van der Waals surface area contributed by atoms with Gasteiger partial charge in [0.15, 0.2) is 5.84 Å². The standard InChI is InChI=1S/C15H21N3O2/c16-15(17-19)13-6-3-4-8-18(13)9-11-10-20-14-7-2-1-5-12(11)14/h1-2,5,7,11,13,19H,3-4,6,8-10H2,(H2,16,17). The number of piperidine rings is 1. The zero-order valence-electron chi connectivity index (χ0n) is 11.5. The molecule has 0 bridgehead atoms. The van der Waals surface area contributed by atoms with Gasteiger partial charge in [0.1, 0.15) is 5.75 Å². The smallest absolute Gasteiger partial charge is 0.156 e. The lowest BCUT2D eigenvalue weighted by Crippen LogP contribution is -2.49. The van der Waals surface area contributed by atoms with Crippen LogP contribution < -0.4 is 10.5 Å². The lowest BCUT2D eigenvalue weighted by molar-refractivity contribution is 0.167. The summed E-state index contributed by atoms with van der Waals surface area (Å²) in [5, 5.41) is 12.1. The topological polar surface area (TPSA) is 71.1 Å². The number of benzene rings is 1. The highest BCUT2D eigenvalue weighted by atomic mass is 16.5. The molecular weight excluding hydrogens is 254 g/mol. The molecule has 0 amide bonds. The van der Waals surface area contributed by atoms with E-state index < -0.39 is 0 Å². The van der Waals surface area contributed by atoms with Crippen molar-refractivity contribution in [2.75, 3.05) is 19.7 Å². The van der Waals surface area contributed by atoms with Crippen molar-refractivity contribution in [1.82, 2.24) is 4.90 Å². The molecule has 3 N–H and O–H groups in total. The maximum atomic E-state index is 8.94. The molecule has 0 aliphatic carbocycles. The monoisotopic (exact) mass is 275 g/mol. The Morgan fingerprint density at radius 1 is 1.40 bits per heavy atom. The summed E-state index contributed by atoms with van der Waals surface area (Å²) in [6, 6.07) is 8.27. The van der Waals surface area contributed by atoms with E-state index in [1.165, 1.54) is 12.0 Å². The number of rotatable bonds is 3. The van der Waals surface area contributed by atoms with Gasteiger partial charge in [-0.3, -0.25) is 4.90 Å². The molecule has 0 spiro atoms. The van der Waals surface area contributed by atoms with Gasteiger partial charge in [0.25, 0.3) is 0 Å². The number of hydrogen-bond acceptors (Lipinski definition) is 4. The first-order chi connectivity index (χ1) is 9.79. The number of likely N-dealkylation sites (tertiary alicyclic amines) is 1. The van der Waals surface area contributed by atoms with Gasteiger partial charge in [0, 0.05) is 18.0 Å². The maximum absolute atomic E-state index is 8.94. The molecule has 1 aromatic carbocycles. The van der Waals surface area contributed by atoms with Gasteiger partial charge in [-0.1, -0.05) is 29.8 Å².